The summed E-state index contributed by atoms with van der Waals surface area (Å²) in [6.45, 7) is 2.01. The molecule has 0 radical (unpaired) electrons. The zero-order chi connectivity index (χ0) is 16.0. The second-order valence-corrected chi connectivity index (χ2v) is 4.52. The summed E-state index contributed by atoms with van der Waals surface area (Å²) in [5.41, 5.74) is 1.70. The predicted molar refractivity (Wildman–Crippen MR) is 76.4 cm³/mol. The molecule has 0 spiro atoms. The minimum atomic E-state index is -1.47. The van der Waals surface area contributed by atoms with E-state index in [1.807, 2.05) is 19.1 Å². The molecule has 0 aliphatic rings. The van der Waals surface area contributed by atoms with Gasteiger partial charge in [-0.25, -0.2) is 9.59 Å². The summed E-state index contributed by atoms with van der Waals surface area (Å²) < 4.78 is 0. The van der Waals surface area contributed by atoms with Gasteiger partial charge in [-0.1, -0.05) is 19.1 Å². The molecule has 0 saturated carbocycles. The number of aliphatic carboxylic acids is 2. The number of aryl methyl sites for hydroxylation is 1. The summed E-state index contributed by atoms with van der Waals surface area (Å²) in [5, 5.41) is 19.7. The Kier molecular flexibility index (Phi) is 5.71. The molecule has 0 bridgehead atoms. The van der Waals surface area contributed by atoms with Gasteiger partial charge >= 0.3 is 18.0 Å². The van der Waals surface area contributed by atoms with E-state index in [1.54, 1.807) is 12.1 Å². The summed E-state index contributed by atoms with van der Waals surface area (Å²) >= 11 is 0. The van der Waals surface area contributed by atoms with Crippen molar-refractivity contribution < 1.29 is 24.6 Å². The topological polar surface area (TPSA) is 107 Å². The van der Waals surface area contributed by atoms with Crippen molar-refractivity contribution in [2.24, 2.45) is 0 Å². The monoisotopic (exact) mass is 294 g/mol. The molecule has 0 saturated heterocycles. The molecule has 1 rings (SSSR count). The number of carbonyl (C=O) groups excluding carboxylic acids is 1. The molecule has 7 nitrogen and oxygen atoms in total. The molecule has 1 aromatic rings. The van der Waals surface area contributed by atoms with Gasteiger partial charge in [-0.3, -0.25) is 9.69 Å². The molecular weight excluding hydrogens is 276 g/mol. The van der Waals surface area contributed by atoms with Crippen molar-refractivity contribution in [3.05, 3.63) is 29.8 Å². The lowest BCUT2D eigenvalue weighted by molar-refractivity contribution is -0.145. The molecule has 2 amide bonds. The number of nitrogens with one attached hydrogen (secondary N) is 1. The fourth-order valence-electron chi connectivity index (χ4n) is 1.69. The third kappa shape index (κ3) is 4.79. The van der Waals surface area contributed by atoms with Gasteiger partial charge in [0.25, 0.3) is 0 Å². The molecule has 1 aromatic carbocycles. The van der Waals surface area contributed by atoms with Gasteiger partial charge < -0.3 is 15.5 Å². The van der Waals surface area contributed by atoms with E-state index in [4.69, 9.17) is 10.2 Å². The molecule has 1 atom stereocenters. The third-order valence-corrected chi connectivity index (χ3v) is 3.01. The van der Waals surface area contributed by atoms with Crippen LogP contribution in [0.3, 0.4) is 0 Å². The summed E-state index contributed by atoms with van der Waals surface area (Å²) in [5.74, 6) is -2.68. The first-order valence-electron chi connectivity index (χ1n) is 6.43. The van der Waals surface area contributed by atoms with E-state index in [-0.39, 0.29) is 0 Å². The van der Waals surface area contributed by atoms with Crippen LogP contribution in [-0.4, -0.2) is 41.3 Å². The number of hydrogen-bond donors (Lipinski definition) is 3. The maximum atomic E-state index is 12.0. The number of carboxylic acid groups (broad SMARTS) is 2. The van der Waals surface area contributed by atoms with E-state index < -0.39 is 30.4 Å². The zero-order valence-electron chi connectivity index (χ0n) is 11.9. The Labute approximate surface area is 122 Å². The molecule has 7 heteroatoms. The van der Waals surface area contributed by atoms with Gasteiger partial charge in [-0.2, -0.15) is 0 Å². The number of hydrogen-bond acceptors (Lipinski definition) is 3. The molecule has 0 aliphatic heterocycles. The first-order valence-corrected chi connectivity index (χ1v) is 6.43. The Balaban J connectivity index is 2.76. The number of carbonyl (C=O) groups is 3. The van der Waals surface area contributed by atoms with Crippen LogP contribution in [0.1, 0.15) is 18.9 Å². The molecule has 0 heterocycles. The number of anilines is 1. The van der Waals surface area contributed by atoms with Crippen molar-refractivity contribution in [2.75, 3.05) is 11.9 Å². The smallest absolute Gasteiger partial charge is 0.326 e. The molecule has 0 fully saturated rings. The standard InChI is InChI=1S/C14H18N2O5/c1-3-9-4-6-10(7-5-9)16(2)14(21)15-11(13(19)20)8-12(17)18/h4-7,11H,3,8H2,1-2H3,(H,15,21)(H,17,18)(H,19,20)/t11-/m1/s1. The van der Waals surface area contributed by atoms with Gasteiger partial charge in [0.1, 0.15) is 6.04 Å². The van der Waals surface area contributed by atoms with Gasteiger partial charge in [0.05, 0.1) is 6.42 Å². The summed E-state index contributed by atoms with van der Waals surface area (Å²) in [6.07, 6.45) is 0.194. The highest BCUT2D eigenvalue weighted by Gasteiger charge is 2.24. The summed E-state index contributed by atoms with van der Waals surface area (Å²) in [6, 6.07) is 5.08. The SMILES string of the molecule is CCc1ccc(N(C)C(=O)N[C@H](CC(=O)O)C(=O)O)cc1. The maximum absolute atomic E-state index is 12.0. The Morgan fingerprint density at radius 2 is 1.76 bits per heavy atom. The van der Waals surface area contributed by atoms with E-state index in [0.29, 0.717) is 5.69 Å². The number of rotatable bonds is 6. The van der Waals surface area contributed by atoms with E-state index in [1.165, 1.54) is 11.9 Å². The van der Waals surface area contributed by atoms with Crippen LogP contribution in [0.15, 0.2) is 24.3 Å². The molecule has 3 N–H and O–H groups in total. The number of amides is 2. The summed E-state index contributed by atoms with van der Waals surface area (Å²) in [7, 11) is 1.48. The number of urea groups is 1. The molecular formula is C14H18N2O5. The van der Waals surface area contributed by atoms with Crippen LogP contribution in [0.4, 0.5) is 10.5 Å². The van der Waals surface area contributed by atoms with E-state index in [9.17, 15) is 14.4 Å². The second-order valence-electron chi connectivity index (χ2n) is 4.52. The molecule has 0 unspecified atom stereocenters. The lowest BCUT2D eigenvalue weighted by atomic mass is 10.1. The van der Waals surface area contributed by atoms with Gasteiger partial charge in [0.2, 0.25) is 0 Å². The highest BCUT2D eigenvalue weighted by atomic mass is 16.4. The van der Waals surface area contributed by atoms with Crippen molar-refractivity contribution in [2.45, 2.75) is 25.8 Å². The van der Waals surface area contributed by atoms with Crippen LogP contribution in [0.25, 0.3) is 0 Å². The fourth-order valence-corrected chi connectivity index (χ4v) is 1.69. The van der Waals surface area contributed by atoms with Crippen molar-refractivity contribution in [3.8, 4) is 0 Å². The lowest BCUT2D eigenvalue weighted by Crippen LogP contribution is -2.47. The lowest BCUT2D eigenvalue weighted by Gasteiger charge is -2.21. The summed E-state index contributed by atoms with van der Waals surface area (Å²) in [4.78, 5) is 34.7. The third-order valence-electron chi connectivity index (χ3n) is 3.01. The highest BCUT2D eigenvalue weighted by molar-refractivity contribution is 5.94. The van der Waals surface area contributed by atoms with E-state index in [2.05, 4.69) is 5.32 Å². The number of benzene rings is 1. The number of nitrogens with zero attached hydrogens (tertiary/aromatic N) is 1. The maximum Gasteiger partial charge on any atom is 0.326 e. The van der Waals surface area contributed by atoms with Gasteiger partial charge in [0.15, 0.2) is 0 Å². The highest BCUT2D eigenvalue weighted by Crippen LogP contribution is 2.14. The average Bonchev–Trinajstić information content (AvgIpc) is 2.45. The van der Waals surface area contributed by atoms with Crippen LogP contribution < -0.4 is 10.2 Å². The molecule has 0 aromatic heterocycles. The quantitative estimate of drug-likeness (QED) is 0.733. The van der Waals surface area contributed by atoms with Crippen LogP contribution in [0.5, 0.6) is 0 Å². The Morgan fingerprint density at radius 1 is 1.19 bits per heavy atom. The Morgan fingerprint density at radius 3 is 2.19 bits per heavy atom. The Bertz CT molecular complexity index is 527. The van der Waals surface area contributed by atoms with Crippen molar-refractivity contribution in [3.63, 3.8) is 0 Å². The largest absolute Gasteiger partial charge is 0.481 e. The first kappa shape index (κ1) is 16.5. The van der Waals surface area contributed by atoms with Gasteiger partial charge in [-0.15, -0.1) is 0 Å². The van der Waals surface area contributed by atoms with Gasteiger partial charge in [-0.05, 0) is 24.1 Å². The average molecular weight is 294 g/mol. The fraction of sp³-hybridized carbons (Fsp3) is 0.357. The van der Waals surface area contributed by atoms with Crippen molar-refractivity contribution in [1.29, 1.82) is 0 Å². The van der Waals surface area contributed by atoms with Gasteiger partial charge in [0, 0.05) is 12.7 Å². The minimum absolute atomic E-state index is 0.587. The zero-order valence-corrected chi connectivity index (χ0v) is 11.9. The molecule has 114 valence electrons. The second kappa shape index (κ2) is 7.28. The van der Waals surface area contributed by atoms with E-state index >= 15 is 0 Å². The molecule has 21 heavy (non-hydrogen) atoms. The predicted octanol–water partition coefficient (Wildman–Crippen LogP) is 1.32. The van der Waals surface area contributed by atoms with Crippen LogP contribution in [0, 0.1) is 0 Å². The first-order chi connectivity index (χ1) is 9.85. The van der Waals surface area contributed by atoms with E-state index in [0.717, 1.165) is 12.0 Å². The van der Waals surface area contributed by atoms with Crippen molar-refractivity contribution in [1.82, 2.24) is 5.32 Å². The normalized spacial score (nSPS) is 11.5. The van der Waals surface area contributed by atoms with Crippen molar-refractivity contribution >= 4 is 23.7 Å². The van der Waals surface area contributed by atoms with Crippen LogP contribution >= 0.6 is 0 Å². The molecule has 0 aliphatic carbocycles. The number of carboxylic acids is 2. The Hall–Kier alpha value is -2.57. The minimum Gasteiger partial charge on any atom is -0.481 e. The van der Waals surface area contributed by atoms with Crippen LogP contribution in [-0.2, 0) is 16.0 Å². The van der Waals surface area contributed by atoms with Crippen LogP contribution in [0.2, 0.25) is 0 Å².